The molecule has 5 rings (SSSR count). The van der Waals surface area contributed by atoms with Crippen LogP contribution in [0.25, 0.3) is 27.7 Å². The van der Waals surface area contributed by atoms with Crippen molar-refractivity contribution >= 4 is 27.7 Å². The van der Waals surface area contributed by atoms with Gasteiger partial charge in [0, 0.05) is 12.2 Å². The predicted octanol–water partition coefficient (Wildman–Crippen LogP) is 4.51. The summed E-state index contributed by atoms with van der Waals surface area (Å²) < 4.78 is 9.62. The van der Waals surface area contributed by atoms with E-state index in [1.807, 2.05) is 36.7 Å². The molecule has 2 aromatic carbocycles. The minimum atomic E-state index is 0.767. The first-order valence-corrected chi connectivity index (χ1v) is 9.01. The molecule has 5 nitrogen and oxygen atoms in total. The molecule has 27 heavy (non-hydrogen) atoms. The van der Waals surface area contributed by atoms with Crippen LogP contribution in [-0.2, 0) is 6.54 Å². The third-order valence-electron chi connectivity index (χ3n) is 5.42. The summed E-state index contributed by atoms with van der Waals surface area (Å²) in [7, 11) is 1.69. The van der Waals surface area contributed by atoms with Gasteiger partial charge in [0.15, 0.2) is 5.65 Å². The highest BCUT2D eigenvalue weighted by molar-refractivity contribution is 5.98. The van der Waals surface area contributed by atoms with E-state index in [1.54, 1.807) is 7.11 Å². The Morgan fingerprint density at radius 2 is 1.74 bits per heavy atom. The van der Waals surface area contributed by atoms with E-state index in [2.05, 4.69) is 41.0 Å². The van der Waals surface area contributed by atoms with Gasteiger partial charge < -0.3 is 9.30 Å². The highest BCUT2D eigenvalue weighted by Crippen LogP contribution is 2.30. The SMILES string of the molecule is COc1ccc(Cn2c(C)c(C)c3c2ncn2c4ccccc4nc32)cc1. The van der Waals surface area contributed by atoms with Crippen molar-refractivity contribution in [1.82, 2.24) is 18.9 Å². The van der Waals surface area contributed by atoms with E-state index >= 15 is 0 Å². The lowest BCUT2D eigenvalue weighted by atomic mass is 10.2. The van der Waals surface area contributed by atoms with Crippen molar-refractivity contribution in [2.24, 2.45) is 0 Å². The molecule has 0 saturated heterocycles. The van der Waals surface area contributed by atoms with Crippen molar-refractivity contribution in [2.45, 2.75) is 20.4 Å². The van der Waals surface area contributed by atoms with Crippen LogP contribution in [0.1, 0.15) is 16.8 Å². The number of aryl methyl sites for hydroxylation is 1. The molecule has 0 aliphatic carbocycles. The average molecular weight is 356 g/mol. The van der Waals surface area contributed by atoms with E-state index < -0.39 is 0 Å². The van der Waals surface area contributed by atoms with Crippen LogP contribution in [0.4, 0.5) is 0 Å². The number of imidazole rings is 1. The topological polar surface area (TPSA) is 44.4 Å². The van der Waals surface area contributed by atoms with Crippen molar-refractivity contribution in [3.05, 3.63) is 71.7 Å². The number of rotatable bonds is 3. The molecule has 5 heteroatoms. The predicted molar refractivity (Wildman–Crippen MR) is 108 cm³/mol. The van der Waals surface area contributed by atoms with E-state index in [4.69, 9.17) is 14.7 Å². The van der Waals surface area contributed by atoms with Gasteiger partial charge in [-0.1, -0.05) is 24.3 Å². The summed E-state index contributed by atoms with van der Waals surface area (Å²) in [4.78, 5) is 9.69. The first-order chi connectivity index (χ1) is 13.2. The first-order valence-electron chi connectivity index (χ1n) is 9.01. The minimum absolute atomic E-state index is 0.767. The average Bonchev–Trinajstić information content (AvgIpc) is 3.19. The molecule has 3 heterocycles. The second kappa shape index (κ2) is 5.84. The number of fused-ring (bicyclic) bond motifs is 5. The zero-order valence-corrected chi connectivity index (χ0v) is 15.6. The van der Waals surface area contributed by atoms with Gasteiger partial charge in [-0.3, -0.25) is 4.40 Å². The second-order valence-electron chi connectivity index (χ2n) is 6.88. The second-order valence-corrected chi connectivity index (χ2v) is 6.88. The van der Waals surface area contributed by atoms with Gasteiger partial charge in [0.25, 0.3) is 0 Å². The van der Waals surface area contributed by atoms with Crippen LogP contribution >= 0.6 is 0 Å². The summed E-state index contributed by atoms with van der Waals surface area (Å²) in [6.07, 6.45) is 1.89. The fraction of sp³-hybridized carbons (Fsp3) is 0.182. The Kier molecular flexibility index (Phi) is 3.44. The molecular formula is C22H20N4O. The van der Waals surface area contributed by atoms with E-state index in [-0.39, 0.29) is 0 Å². The first kappa shape index (κ1) is 15.9. The highest BCUT2D eigenvalue weighted by Gasteiger charge is 2.18. The number of nitrogens with zero attached hydrogens (tertiary/aromatic N) is 4. The third kappa shape index (κ3) is 2.31. The standard InChI is InChI=1S/C22H20N4O/c1-14-15(2)25(12-16-8-10-17(27-3)11-9-16)21-20(14)22-24-18-6-4-5-7-19(18)26(22)13-23-21/h4-11,13H,12H2,1-3H3. The quantitative estimate of drug-likeness (QED) is 0.478. The lowest BCUT2D eigenvalue weighted by Crippen LogP contribution is -2.03. The van der Waals surface area contributed by atoms with Gasteiger partial charge in [-0.2, -0.15) is 0 Å². The van der Waals surface area contributed by atoms with Gasteiger partial charge in [-0.15, -0.1) is 0 Å². The van der Waals surface area contributed by atoms with Gasteiger partial charge >= 0.3 is 0 Å². The van der Waals surface area contributed by atoms with Crippen LogP contribution in [-0.4, -0.2) is 26.0 Å². The summed E-state index contributed by atoms with van der Waals surface area (Å²) in [5, 5.41) is 1.12. The van der Waals surface area contributed by atoms with Crippen molar-refractivity contribution in [1.29, 1.82) is 0 Å². The molecule has 5 aromatic rings. The minimum Gasteiger partial charge on any atom is -0.497 e. The number of benzene rings is 2. The molecule has 0 bridgehead atoms. The lowest BCUT2D eigenvalue weighted by Gasteiger charge is -2.09. The lowest BCUT2D eigenvalue weighted by molar-refractivity contribution is 0.414. The van der Waals surface area contributed by atoms with E-state index in [0.717, 1.165) is 40.0 Å². The molecule has 0 aliphatic rings. The van der Waals surface area contributed by atoms with Crippen LogP contribution in [0.5, 0.6) is 5.75 Å². The maximum absolute atomic E-state index is 5.26. The Hall–Kier alpha value is -3.34. The molecule has 3 aromatic heterocycles. The molecule has 0 N–H and O–H groups in total. The zero-order chi connectivity index (χ0) is 18.5. The van der Waals surface area contributed by atoms with Gasteiger partial charge in [0.1, 0.15) is 17.7 Å². The highest BCUT2D eigenvalue weighted by atomic mass is 16.5. The Bertz CT molecular complexity index is 1300. The zero-order valence-electron chi connectivity index (χ0n) is 15.6. The van der Waals surface area contributed by atoms with Gasteiger partial charge in [-0.05, 0) is 49.2 Å². The summed E-state index contributed by atoms with van der Waals surface area (Å²) in [5.74, 6) is 0.868. The summed E-state index contributed by atoms with van der Waals surface area (Å²) in [6.45, 7) is 5.08. The number of methoxy groups -OCH3 is 1. The Morgan fingerprint density at radius 3 is 2.52 bits per heavy atom. The molecule has 0 unspecified atom stereocenters. The van der Waals surface area contributed by atoms with Crippen LogP contribution in [0, 0.1) is 13.8 Å². The van der Waals surface area contributed by atoms with E-state index in [1.165, 1.54) is 16.8 Å². The van der Waals surface area contributed by atoms with E-state index in [9.17, 15) is 0 Å². The Morgan fingerprint density at radius 1 is 0.963 bits per heavy atom. The van der Waals surface area contributed by atoms with Crippen LogP contribution in [0.2, 0.25) is 0 Å². The number of hydrogen-bond acceptors (Lipinski definition) is 3. The Labute approximate surface area is 156 Å². The Balaban J connectivity index is 1.73. The van der Waals surface area contributed by atoms with Gasteiger partial charge in [0.2, 0.25) is 0 Å². The number of aromatic nitrogens is 4. The molecule has 0 radical (unpaired) electrons. The summed E-state index contributed by atoms with van der Waals surface area (Å²) in [5.41, 5.74) is 7.68. The molecule has 0 fully saturated rings. The maximum Gasteiger partial charge on any atom is 0.150 e. The smallest absolute Gasteiger partial charge is 0.150 e. The van der Waals surface area contributed by atoms with Crippen molar-refractivity contribution in [3.63, 3.8) is 0 Å². The van der Waals surface area contributed by atoms with Gasteiger partial charge in [0.05, 0.1) is 23.5 Å². The number of para-hydroxylation sites is 2. The van der Waals surface area contributed by atoms with Crippen LogP contribution < -0.4 is 4.74 Å². The largest absolute Gasteiger partial charge is 0.497 e. The molecule has 0 atom stereocenters. The van der Waals surface area contributed by atoms with E-state index in [0.29, 0.717) is 0 Å². The molecule has 0 aliphatic heterocycles. The third-order valence-corrected chi connectivity index (χ3v) is 5.42. The summed E-state index contributed by atoms with van der Waals surface area (Å²) in [6, 6.07) is 16.4. The molecular weight excluding hydrogens is 336 g/mol. The van der Waals surface area contributed by atoms with Gasteiger partial charge in [-0.25, -0.2) is 9.97 Å². The van der Waals surface area contributed by atoms with Crippen molar-refractivity contribution < 1.29 is 4.74 Å². The fourth-order valence-corrected chi connectivity index (χ4v) is 3.80. The van der Waals surface area contributed by atoms with Crippen LogP contribution in [0.3, 0.4) is 0 Å². The molecule has 134 valence electrons. The number of ether oxygens (including phenoxy) is 1. The molecule has 0 spiro atoms. The summed E-state index contributed by atoms with van der Waals surface area (Å²) >= 11 is 0. The van der Waals surface area contributed by atoms with Crippen molar-refractivity contribution in [2.75, 3.05) is 7.11 Å². The monoisotopic (exact) mass is 356 g/mol. The number of hydrogen-bond donors (Lipinski definition) is 0. The fourth-order valence-electron chi connectivity index (χ4n) is 3.80. The normalized spacial score (nSPS) is 11.7. The van der Waals surface area contributed by atoms with Crippen LogP contribution in [0.15, 0.2) is 54.9 Å². The molecule has 0 saturated carbocycles. The maximum atomic E-state index is 5.26. The van der Waals surface area contributed by atoms with Crippen molar-refractivity contribution in [3.8, 4) is 5.75 Å². The molecule has 0 amide bonds.